The Morgan fingerprint density at radius 1 is 1.14 bits per heavy atom. The van der Waals surface area contributed by atoms with Crippen LogP contribution in [0.4, 0.5) is 11.5 Å². The van der Waals surface area contributed by atoms with E-state index in [1.165, 1.54) is 11.1 Å². The van der Waals surface area contributed by atoms with Gasteiger partial charge in [-0.2, -0.15) is 5.10 Å². The average Bonchev–Trinajstić information content (AvgIpc) is 2.75. The summed E-state index contributed by atoms with van der Waals surface area (Å²) in [4.78, 5) is 2.17. The zero-order valence-electron chi connectivity index (χ0n) is 13.6. The molecule has 1 aromatic heterocycles. The number of hydrogen-bond acceptors (Lipinski definition) is 3. The summed E-state index contributed by atoms with van der Waals surface area (Å²) in [6.45, 7) is 5.15. The number of hydrogen-bond donors (Lipinski definition) is 1. The van der Waals surface area contributed by atoms with E-state index in [0.717, 1.165) is 43.0 Å². The first-order valence-corrected chi connectivity index (χ1v) is 7.67. The fourth-order valence-electron chi connectivity index (χ4n) is 2.69. The molecule has 2 aromatic rings. The van der Waals surface area contributed by atoms with Gasteiger partial charge in [0.2, 0.25) is 0 Å². The zero-order valence-corrected chi connectivity index (χ0v) is 13.6. The fraction of sp³-hybridized carbons (Fsp3) is 0.471. The minimum absolute atomic E-state index is 0.812. The Bertz CT molecular complexity index is 584. The summed E-state index contributed by atoms with van der Waals surface area (Å²) in [5.74, 6) is 0.998. The van der Waals surface area contributed by atoms with Gasteiger partial charge in [-0.3, -0.25) is 4.68 Å². The normalized spacial score (nSPS) is 10.9. The van der Waals surface area contributed by atoms with Gasteiger partial charge in [-0.05, 0) is 24.0 Å². The lowest BCUT2D eigenvalue weighted by Crippen LogP contribution is -2.20. The smallest absolute Gasteiger partial charge is 0.150 e. The zero-order chi connectivity index (χ0) is 15.4. The molecule has 1 aromatic carbocycles. The SMILES string of the molecule is CCCc1nn(C)c(N(C)Cc2ccc(CC)cc2)c1N. The van der Waals surface area contributed by atoms with Gasteiger partial charge in [0.05, 0.1) is 11.4 Å². The number of rotatable bonds is 6. The second kappa shape index (κ2) is 6.66. The van der Waals surface area contributed by atoms with Gasteiger partial charge in [0, 0.05) is 20.6 Å². The number of aromatic nitrogens is 2. The number of nitrogen functional groups attached to an aromatic ring is 1. The van der Waals surface area contributed by atoms with Crippen molar-refractivity contribution in [1.29, 1.82) is 0 Å². The number of nitrogens with two attached hydrogens (primary N) is 1. The number of aryl methyl sites for hydroxylation is 3. The standard InChI is InChI=1S/C17H26N4/c1-5-7-15-16(18)17(21(4)19-15)20(3)12-14-10-8-13(6-2)9-11-14/h8-11H,5-7,12,18H2,1-4H3. The van der Waals surface area contributed by atoms with Crippen LogP contribution in [-0.4, -0.2) is 16.8 Å². The van der Waals surface area contributed by atoms with Gasteiger partial charge in [-0.1, -0.05) is 44.5 Å². The average molecular weight is 286 g/mol. The second-order valence-electron chi connectivity index (χ2n) is 5.58. The Morgan fingerprint density at radius 3 is 2.33 bits per heavy atom. The van der Waals surface area contributed by atoms with Crippen molar-refractivity contribution in [3.05, 3.63) is 41.1 Å². The highest BCUT2D eigenvalue weighted by Gasteiger charge is 2.16. The molecular weight excluding hydrogens is 260 g/mol. The third-order valence-electron chi connectivity index (χ3n) is 3.83. The van der Waals surface area contributed by atoms with Crippen LogP contribution < -0.4 is 10.6 Å². The molecule has 114 valence electrons. The lowest BCUT2D eigenvalue weighted by atomic mass is 10.1. The predicted molar refractivity (Wildman–Crippen MR) is 89.5 cm³/mol. The maximum Gasteiger partial charge on any atom is 0.150 e. The Labute approximate surface area is 127 Å². The molecule has 1 heterocycles. The summed E-state index contributed by atoms with van der Waals surface area (Å²) in [5, 5.41) is 4.54. The van der Waals surface area contributed by atoms with Crippen molar-refractivity contribution in [2.24, 2.45) is 7.05 Å². The van der Waals surface area contributed by atoms with Crippen LogP contribution in [0.2, 0.25) is 0 Å². The molecule has 0 saturated heterocycles. The molecule has 0 fully saturated rings. The van der Waals surface area contributed by atoms with Crippen molar-refractivity contribution in [3.8, 4) is 0 Å². The van der Waals surface area contributed by atoms with E-state index in [-0.39, 0.29) is 0 Å². The van der Waals surface area contributed by atoms with E-state index in [1.807, 2.05) is 11.7 Å². The highest BCUT2D eigenvalue weighted by molar-refractivity contribution is 5.66. The third-order valence-corrected chi connectivity index (χ3v) is 3.83. The fourth-order valence-corrected chi connectivity index (χ4v) is 2.69. The van der Waals surface area contributed by atoms with Crippen LogP contribution in [-0.2, 0) is 26.4 Å². The molecule has 0 aliphatic rings. The van der Waals surface area contributed by atoms with Gasteiger partial charge in [-0.25, -0.2) is 0 Å². The molecule has 0 amide bonds. The maximum absolute atomic E-state index is 6.27. The lowest BCUT2D eigenvalue weighted by molar-refractivity contribution is 0.712. The first-order chi connectivity index (χ1) is 10.1. The largest absolute Gasteiger partial charge is 0.394 e. The number of anilines is 2. The molecular formula is C17H26N4. The molecule has 0 bridgehead atoms. The van der Waals surface area contributed by atoms with Gasteiger partial charge >= 0.3 is 0 Å². The monoisotopic (exact) mass is 286 g/mol. The van der Waals surface area contributed by atoms with Gasteiger partial charge in [0.1, 0.15) is 5.82 Å². The van der Waals surface area contributed by atoms with Crippen LogP contribution >= 0.6 is 0 Å². The van der Waals surface area contributed by atoms with Crippen molar-refractivity contribution < 1.29 is 0 Å². The van der Waals surface area contributed by atoms with E-state index in [0.29, 0.717) is 0 Å². The van der Waals surface area contributed by atoms with Crippen LogP contribution in [0.5, 0.6) is 0 Å². The predicted octanol–water partition coefficient (Wildman–Crippen LogP) is 3.15. The van der Waals surface area contributed by atoms with Gasteiger partial charge in [0.15, 0.2) is 0 Å². The molecule has 0 atom stereocenters. The summed E-state index contributed by atoms with van der Waals surface area (Å²) in [5.41, 5.74) is 10.7. The first kappa shape index (κ1) is 15.4. The minimum atomic E-state index is 0.812. The molecule has 0 radical (unpaired) electrons. The van der Waals surface area contributed by atoms with Crippen molar-refractivity contribution in [3.63, 3.8) is 0 Å². The van der Waals surface area contributed by atoms with E-state index in [9.17, 15) is 0 Å². The van der Waals surface area contributed by atoms with Crippen LogP contribution in [0.3, 0.4) is 0 Å². The molecule has 0 saturated carbocycles. The Balaban J connectivity index is 2.17. The maximum atomic E-state index is 6.27. The van der Waals surface area contributed by atoms with Gasteiger partial charge in [-0.15, -0.1) is 0 Å². The lowest BCUT2D eigenvalue weighted by Gasteiger charge is -2.20. The van der Waals surface area contributed by atoms with Gasteiger partial charge in [0.25, 0.3) is 0 Å². The summed E-state index contributed by atoms with van der Waals surface area (Å²) < 4.78 is 1.89. The van der Waals surface area contributed by atoms with E-state index < -0.39 is 0 Å². The Morgan fingerprint density at radius 2 is 1.76 bits per heavy atom. The summed E-state index contributed by atoms with van der Waals surface area (Å²) in [6.07, 6.45) is 3.06. The molecule has 21 heavy (non-hydrogen) atoms. The molecule has 4 nitrogen and oxygen atoms in total. The highest BCUT2D eigenvalue weighted by Crippen LogP contribution is 2.27. The minimum Gasteiger partial charge on any atom is -0.394 e. The van der Waals surface area contributed by atoms with Crippen molar-refractivity contribution in [1.82, 2.24) is 9.78 Å². The van der Waals surface area contributed by atoms with Crippen LogP contribution in [0.15, 0.2) is 24.3 Å². The summed E-state index contributed by atoms with van der Waals surface area (Å²) >= 11 is 0. The topological polar surface area (TPSA) is 47.1 Å². The number of benzene rings is 1. The van der Waals surface area contributed by atoms with Crippen LogP contribution in [0, 0.1) is 0 Å². The van der Waals surface area contributed by atoms with E-state index in [1.54, 1.807) is 0 Å². The van der Waals surface area contributed by atoms with Crippen molar-refractivity contribution >= 4 is 11.5 Å². The first-order valence-electron chi connectivity index (χ1n) is 7.67. The molecule has 4 heteroatoms. The van der Waals surface area contributed by atoms with Gasteiger partial charge < -0.3 is 10.6 Å². The van der Waals surface area contributed by atoms with E-state index in [4.69, 9.17) is 5.73 Å². The van der Waals surface area contributed by atoms with Crippen LogP contribution in [0.25, 0.3) is 0 Å². The summed E-state index contributed by atoms with van der Waals surface area (Å²) in [6, 6.07) is 8.76. The van der Waals surface area contributed by atoms with Crippen molar-refractivity contribution in [2.75, 3.05) is 17.7 Å². The van der Waals surface area contributed by atoms with Crippen molar-refractivity contribution in [2.45, 2.75) is 39.7 Å². The Hall–Kier alpha value is -1.97. The summed E-state index contributed by atoms with van der Waals surface area (Å²) in [7, 11) is 4.03. The molecule has 0 aliphatic carbocycles. The molecule has 0 aliphatic heterocycles. The molecule has 2 rings (SSSR count). The molecule has 0 spiro atoms. The quantitative estimate of drug-likeness (QED) is 0.887. The Kier molecular flexibility index (Phi) is 4.89. The molecule has 0 unspecified atom stereocenters. The highest BCUT2D eigenvalue weighted by atomic mass is 15.4. The number of nitrogens with zero attached hydrogens (tertiary/aromatic N) is 3. The third kappa shape index (κ3) is 3.38. The van der Waals surface area contributed by atoms with E-state index in [2.05, 4.69) is 55.2 Å². The molecule has 2 N–H and O–H groups in total. The van der Waals surface area contributed by atoms with E-state index >= 15 is 0 Å². The van der Waals surface area contributed by atoms with Crippen LogP contribution in [0.1, 0.15) is 37.1 Å². The second-order valence-corrected chi connectivity index (χ2v) is 5.58.